The van der Waals surface area contributed by atoms with Crippen molar-refractivity contribution in [1.82, 2.24) is 0 Å². The largest absolute Gasteiger partial charge is 4.00 e. The van der Waals surface area contributed by atoms with E-state index in [-0.39, 0.29) is 41.1 Å². The molecule has 0 rings (SSSR count). The van der Waals surface area contributed by atoms with E-state index in [1.807, 2.05) is 0 Å². The molecule has 0 bridgehead atoms. The fourth-order valence-corrected chi connectivity index (χ4v) is 0. The molecule has 19 valence electrons. The van der Waals surface area contributed by atoms with Crippen molar-refractivity contribution in [2.75, 3.05) is 0 Å². The maximum Gasteiger partial charge on any atom is 4.00 e. The molecule has 0 heterocycles. The van der Waals surface area contributed by atoms with Crippen LogP contribution in [0.3, 0.4) is 0 Å². The average molecular weight is 90.7 g/mol. The van der Waals surface area contributed by atoms with Gasteiger partial charge in [0.15, 0.2) is 0 Å². The van der Waals surface area contributed by atoms with Crippen molar-refractivity contribution in [1.29, 1.82) is 0 Å². The molecule has 0 aromatic heterocycles. The Hall–Kier alpha value is 0.699. The van der Waals surface area contributed by atoms with Gasteiger partial charge in [0.1, 0.15) is 0 Å². The van der Waals surface area contributed by atoms with Crippen LogP contribution in [-0.4, -0.2) is 8.41 Å². The van der Waals surface area contributed by atoms with E-state index < -0.39 is 0 Å². The Morgan fingerprint density at radius 1 is 0.750 bits per heavy atom. The first-order valence-corrected chi connectivity index (χ1v) is 0. The van der Waals surface area contributed by atoms with Crippen LogP contribution in [0.2, 0.25) is 0 Å². The van der Waals surface area contributed by atoms with Crippen LogP contribution in [0.15, 0.2) is 0 Å². The summed E-state index contributed by atoms with van der Waals surface area (Å²) in [6.07, 6.45) is 0. The molecule has 0 fully saturated rings. The van der Waals surface area contributed by atoms with Crippen molar-refractivity contribution in [3.8, 4) is 0 Å². The van der Waals surface area contributed by atoms with Crippen LogP contribution in [0.5, 0.6) is 0 Å². The van der Waals surface area contributed by atoms with Gasteiger partial charge in [0.05, 0.1) is 0 Å². The van der Waals surface area contributed by atoms with Crippen LogP contribution in [-0.2, 0) is 32.7 Å². The molecule has 4 heavy (non-hydrogen) atoms. The fraction of sp³-hybridized carbons (Fsp3) is 0. The summed E-state index contributed by atoms with van der Waals surface area (Å²) in [5, 5.41) is 0. The van der Waals surface area contributed by atoms with Gasteiger partial charge in [-0.15, -0.1) is 0 Å². The van der Waals surface area contributed by atoms with E-state index in [2.05, 4.69) is 0 Å². The van der Waals surface area contributed by atoms with Gasteiger partial charge in [-0.25, -0.2) is 0 Å². The van der Waals surface area contributed by atoms with Gasteiger partial charge in [-0.2, -0.15) is 0 Å². The van der Waals surface area contributed by atoms with Crippen molar-refractivity contribution in [2.45, 2.75) is 0 Å². The number of rotatable bonds is 0. The molecule has 0 aromatic rings. The molecule has 0 saturated heterocycles. The van der Waals surface area contributed by atoms with Gasteiger partial charge in [-0.05, 0) is 0 Å². The van der Waals surface area contributed by atoms with E-state index in [1.54, 1.807) is 0 Å². The van der Waals surface area contributed by atoms with Crippen molar-refractivity contribution in [3.05, 3.63) is 0 Å². The molecule has 2 nitrogen and oxygen atoms in total. The third-order valence-corrected chi connectivity index (χ3v) is 0. The second-order valence-electron chi connectivity index (χ2n) is 0. The third-order valence-electron chi connectivity index (χ3n) is 0. The van der Waals surface area contributed by atoms with Gasteiger partial charge in [0, 0.05) is 8.41 Å². The summed E-state index contributed by atoms with van der Waals surface area (Å²) in [6.45, 7) is 0. The summed E-state index contributed by atoms with van der Waals surface area (Å²) >= 11 is 0. The quantitative estimate of drug-likeness (QED) is 0.356. The van der Waals surface area contributed by atoms with E-state index in [0.717, 1.165) is 0 Å². The van der Waals surface area contributed by atoms with E-state index in [1.165, 1.54) is 0 Å². The van der Waals surface area contributed by atoms with Crippen LogP contribution in [0.4, 0.5) is 0 Å². The SMILES string of the molecule is [B].[O-2].[O-2].[Ti+4]. The molecule has 0 aliphatic heterocycles. The smallest absolute Gasteiger partial charge is 2.00 e. The predicted molar refractivity (Wildman–Crippen MR) is 7.13 cm³/mol. The Morgan fingerprint density at radius 3 is 0.750 bits per heavy atom. The first kappa shape index (κ1) is 132. The Bertz CT molecular complexity index is 6.00. The summed E-state index contributed by atoms with van der Waals surface area (Å²) in [5.74, 6) is 0. The molecule has 0 aliphatic carbocycles. The summed E-state index contributed by atoms with van der Waals surface area (Å²) < 4.78 is 0. The molecule has 0 saturated carbocycles. The minimum atomic E-state index is 0. The van der Waals surface area contributed by atoms with Gasteiger partial charge in [0.25, 0.3) is 0 Å². The summed E-state index contributed by atoms with van der Waals surface area (Å²) in [7, 11) is 0. The van der Waals surface area contributed by atoms with Crippen molar-refractivity contribution in [2.24, 2.45) is 0 Å². The molecule has 0 N–H and O–H groups in total. The number of hydrogen-bond donors (Lipinski definition) is 0. The van der Waals surface area contributed by atoms with Gasteiger partial charge >= 0.3 is 21.7 Å². The van der Waals surface area contributed by atoms with E-state index in [0.29, 0.717) is 0 Å². The Kier molecular flexibility index (Phi) is 1810. The standard InChI is InChI=1S/B.2O.Ti/q;2*-2;+4. The van der Waals surface area contributed by atoms with Gasteiger partial charge < -0.3 is 11.0 Å². The minimum Gasteiger partial charge on any atom is -2.00 e. The maximum atomic E-state index is 0. The molecule has 0 spiro atoms. The minimum absolute atomic E-state index is 0. The molecule has 0 unspecified atom stereocenters. The van der Waals surface area contributed by atoms with Crippen LogP contribution < -0.4 is 0 Å². The van der Waals surface area contributed by atoms with Gasteiger partial charge in [-0.1, -0.05) is 0 Å². The van der Waals surface area contributed by atoms with Crippen molar-refractivity contribution < 1.29 is 32.7 Å². The van der Waals surface area contributed by atoms with Crippen LogP contribution >= 0.6 is 0 Å². The predicted octanol–water partition coefficient (Wildman–Crippen LogP) is -0.621. The Morgan fingerprint density at radius 2 is 0.750 bits per heavy atom. The zero-order valence-electron chi connectivity index (χ0n) is 1.89. The zero-order valence-corrected chi connectivity index (χ0v) is 3.46. The first-order chi connectivity index (χ1) is 0. The molecule has 0 aromatic carbocycles. The van der Waals surface area contributed by atoms with Gasteiger partial charge in [-0.3, -0.25) is 0 Å². The fourth-order valence-electron chi connectivity index (χ4n) is 0. The zero-order chi connectivity index (χ0) is 0. The van der Waals surface area contributed by atoms with E-state index >= 15 is 0 Å². The molecule has 0 atom stereocenters. The van der Waals surface area contributed by atoms with E-state index in [9.17, 15) is 0 Å². The Labute approximate surface area is 41.7 Å². The number of hydrogen-bond acceptors (Lipinski definition) is 0. The van der Waals surface area contributed by atoms with Gasteiger partial charge in [0.2, 0.25) is 0 Å². The maximum absolute atomic E-state index is 0. The molecule has 0 aliphatic rings. The van der Waals surface area contributed by atoms with Crippen LogP contribution in [0.1, 0.15) is 0 Å². The summed E-state index contributed by atoms with van der Waals surface area (Å²) in [5.41, 5.74) is 0. The van der Waals surface area contributed by atoms with Crippen LogP contribution in [0.25, 0.3) is 0 Å². The molecule has 0 amide bonds. The first-order valence-electron chi connectivity index (χ1n) is 0. The third kappa shape index (κ3) is 15.9. The molecule has 3 radical (unpaired) electrons. The topological polar surface area (TPSA) is 57.0 Å². The second kappa shape index (κ2) is 55.1. The van der Waals surface area contributed by atoms with Crippen molar-refractivity contribution >= 4 is 8.41 Å². The molecule has 4 heteroatoms. The monoisotopic (exact) mass is 90.9 g/mol. The normalized spacial score (nSPS) is 0. The van der Waals surface area contributed by atoms with Crippen LogP contribution in [0, 0.1) is 0 Å². The summed E-state index contributed by atoms with van der Waals surface area (Å²) in [4.78, 5) is 0. The Balaban J connectivity index is 0. The molecular formula is BO2Ti. The molecular weight excluding hydrogens is 90.7 g/mol. The van der Waals surface area contributed by atoms with Crippen molar-refractivity contribution in [3.63, 3.8) is 0 Å². The average Bonchev–Trinajstić information content (AvgIpc) is 0. The summed E-state index contributed by atoms with van der Waals surface area (Å²) in [6, 6.07) is 0. The van der Waals surface area contributed by atoms with E-state index in [4.69, 9.17) is 0 Å². The second-order valence-corrected chi connectivity index (χ2v) is 0.